The van der Waals surface area contributed by atoms with Gasteiger partial charge in [-0.25, -0.2) is 8.42 Å². The number of sulfonamides is 1. The molecule has 0 aliphatic carbocycles. The molecular weight excluding hydrogens is 454 g/mol. The number of ether oxygens (including phenoxy) is 1. The molecule has 0 radical (unpaired) electrons. The summed E-state index contributed by atoms with van der Waals surface area (Å²) in [6.07, 6.45) is 1.81. The second-order valence-electron chi connectivity index (χ2n) is 8.47. The third kappa shape index (κ3) is 7.48. The second-order valence-corrected chi connectivity index (χ2v) is 10.4. The molecule has 0 aliphatic heterocycles. The molecule has 2 rings (SSSR count). The van der Waals surface area contributed by atoms with Crippen LogP contribution in [0.1, 0.15) is 38.3 Å². The first-order valence-corrected chi connectivity index (χ1v) is 13.1. The maximum Gasteiger partial charge on any atom is 0.244 e. The summed E-state index contributed by atoms with van der Waals surface area (Å²) in [6.45, 7) is 7.12. The predicted molar refractivity (Wildman–Crippen MR) is 134 cm³/mol. The van der Waals surface area contributed by atoms with E-state index < -0.39 is 28.5 Å². The summed E-state index contributed by atoms with van der Waals surface area (Å²) in [5, 5.41) is 2.91. The van der Waals surface area contributed by atoms with E-state index >= 15 is 0 Å². The van der Waals surface area contributed by atoms with Gasteiger partial charge >= 0.3 is 0 Å². The first-order valence-electron chi connectivity index (χ1n) is 11.2. The predicted octanol–water partition coefficient (Wildman–Crippen LogP) is 3.10. The highest BCUT2D eigenvalue weighted by atomic mass is 32.2. The van der Waals surface area contributed by atoms with Gasteiger partial charge < -0.3 is 15.0 Å². The van der Waals surface area contributed by atoms with Crippen LogP contribution >= 0.6 is 0 Å². The number of anilines is 1. The lowest BCUT2D eigenvalue weighted by Gasteiger charge is -2.32. The van der Waals surface area contributed by atoms with Crippen molar-refractivity contribution in [2.75, 3.05) is 24.2 Å². The van der Waals surface area contributed by atoms with E-state index in [1.165, 1.54) is 4.90 Å². The van der Waals surface area contributed by atoms with Gasteiger partial charge in [0, 0.05) is 12.6 Å². The minimum atomic E-state index is -3.74. The number of benzene rings is 2. The molecule has 186 valence electrons. The molecule has 2 atom stereocenters. The van der Waals surface area contributed by atoms with Crippen LogP contribution in [0.5, 0.6) is 5.75 Å². The minimum absolute atomic E-state index is 0.0482. The Hall–Kier alpha value is -3.07. The van der Waals surface area contributed by atoms with E-state index in [2.05, 4.69) is 5.32 Å². The van der Waals surface area contributed by atoms with Crippen LogP contribution in [-0.4, -0.2) is 57.1 Å². The largest absolute Gasteiger partial charge is 0.497 e. The fourth-order valence-electron chi connectivity index (χ4n) is 3.30. The van der Waals surface area contributed by atoms with Crippen LogP contribution in [0.15, 0.2) is 48.5 Å². The summed E-state index contributed by atoms with van der Waals surface area (Å²) >= 11 is 0. The van der Waals surface area contributed by atoms with Gasteiger partial charge in [-0.3, -0.25) is 13.9 Å². The highest BCUT2D eigenvalue weighted by Gasteiger charge is 2.30. The van der Waals surface area contributed by atoms with Crippen molar-refractivity contribution in [2.24, 2.45) is 0 Å². The summed E-state index contributed by atoms with van der Waals surface area (Å²) in [6, 6.07) is 13.2. The van der Waals surface area contributed by atoms with E-state index in [0.717, 1.165) is 28.1 Å². The van der Waals surface area contributed by atoms with Gasteiger partial charge in [0.15, 0.2) is 0 Å². The topological polar surface area (TPSA) is 96.0 Å². The van der Waals surface area contributed by atoms with Crippen molar-refractivity contribution in [3.63, 3.8) is 0 Å². The van der Waals surface area contributed by atoms with Crippen molar-refractivity contribution in [3.05, 3.63) is 59.7 Å². The molecular formula is C25H35N3O5S. The van der Waals surface area contributed by atoms with Crippen LogP contribution in [0, 0.1) is 6.92 Å². The molecule has 8 nitrogen and oxygen atoms in total. The maximum atomic E-state index is 13.5. The van der Waals surface area contributed by atoms with Gasteiger partial charge in [0.25, 0.3) is 0 Å². The third-order valence-electron chi connectivity index (χ3n) is 5.68. The van der Waals surface area contributed by atoms with Crippen LogP contribution in [0.3, 0.4) is 0 Å². The number of nitrogens with one attached hydrogen (secondary N) is 1. The first kappa shape index (κ1) is 27.2. The zero-order valence-corrected chi connectivity index (χ0v) is 21.6. The molecule has 2 aromatic carbocycles. The molecule has 0 heterocycles. The highest BCUT2D eigenvalue weighted by Crippen LogP contribution is 2.20. The van der Waals surface area contributed by atoms with Crippen molar-refractivity contribution in [2.45, 2.75) is 52.7 Å². The zero-order valence-electron chi connectivity index (χ0n) is 20.7. The first-order chi connectivity index (χ1) is 16.0. The number of carbonyl (C=O) groups is 2. The number of amides is 2. The number of aryl methyl sites for hydroxylation is 1. The lowest BCUT2D eigenvalue weighted by molar-refractivity contribution is -0.139. The van der Waals surface area contributed by atoms with E-state index in [0.29, 0.717) is 11.4 Å². The zero-order chi connectivity index (χ0) is 25.5. The lowest BCUT2D eigenvalue weighted by Crippen LogP contribution is -2.52. The molecule has 0 fully saturated rings. The quantitative estimate of drug-likeness (QED) is 0.523. The SMILES string of the molecule is CC[C@H](C)NC(=O)[C@@H](C)N(Cc1ccc(OC)cc1)C(=O)CN(c1ccc(C)cc1)S(C)(=O)=O. The summed E-state index contributed by atoms with van der Waals surface area (Å²) in [5.41, 5.74) is 2.15. The number of hydrogen-bond acceptors (Lipinski definition) is 5. The van der Waals surface area contributed by atoms with Crippen molar-refractivity contribution in [1.82, 2.24) is 10.2 Å². The molecule has 2 aromatic rings. The minimum Gasteiger partial charge on any atom is -0.497 e. The molecule has 0 saturated heterocycles. The van der Waals surface area contributed by atoms with E-state index in [4.69, 9.17) is 4.74 Å². The average molecular weight is 490 g/mol. The Morgan fingerprint density at radius 1 is 1.03 bits per heavy atom. The summed E-state index contributed by atoms with van der Waals surface area (Å²) < 4.78 is 31.4. The number of carbonyl (C=O) groups excluding carboxylic acids is 2. The summed E-state index contributed by atoms with van der Waals surface area (Å²) in [4.78, 5) is 27.8. The van der Waals surface area contributed by atoms with Crippen LogP contribution in [-0.2, 0) is 26.2 Å². The Labute approximate surface area is 202 Å². The Morgan fingerprint density at radius 3 is 2.12 bits per heavy atom. The van der Waals surface area contributed by atoms with Gasteiger partial charge in [-0.2, -0.15) is 0 Å². The number of methoxy groups -OCH3 is 1. The van der Waals surface area contributed by atoms with Gasteiger partial charge in [0.2, 0.25) is 21.8 Å². The van der Waals surface area contributed by atoms with Gasteiger partial charge in [0.1, 0.15) is 18.3 Å². The van der Waals surface area contributed by atoms with Crippen molar-refractivity contribution in [1.29, 1.82) is 0 Å². The Balaban J connectivity index is 2.36. The molecule has 0 aromatic heterocycles. The van der Waals surface area contributed by atoms with Gasteiger partial charge in [-0.05, 0) is 57.0 Å². The Bertz CT molecular complexity index is 1070. The van der Waals surface area contributed by atoms with E-state index in [9.17, 15) is 18.0 Å². The summed E-state index contributed by atoms with van der Waals surface area (Å²) in [5.74, 6) is -0.0992. The maximum absolute atomic E-state index is 13.5. The molecule has 0 saturated carbocycles. The fraction of sp³-hybridized carbons (Fsp3) is 0.440. The smallest absolute Gasteiger partial charge is 0.244 e. The molecule has 34 heavy (non-hydrogen) atoms. The van der Waals surface area contributed by atoms with Crippen LogP contribution in [0.2, 0.25) is 0 Å². The number of nitrogens with zero attached hydrogens (tertiary/aromatic N) is 2. The van der Waals surface area contributed by atoms with Crippen LogP contribution < -0.4 is 14.4 Å². The van der Waals surface area contributed by atoms with Crippen molar-refractivity contribution in [3.8, 4) is 5.75 Å². The average Bonchev–Trinajstić information content (AvgIpc) is 2.80. The normalized spacial score (nSPS) is 13.0. The van der Waals surface area contributed by atoms with E-state index in [-0.39, 0.29) is 18.5 Å². The van der Waals surface area contributed by atoms with Gasteiger partial charge in [-0.1, -0.05) is 36.8 Å². The monoisotopic (exact) mass is 489 g/mol. The van der Waals surface area contributed by atoms with Gasteiger partial charge in [-0.15, -0.1) is 0 Å². The van der Waals surface area contributed by atoms with E-state index in [1.54, 1.807) is 50.4 Å². The molecule has 9 heteroatoms. The highest BCUT2D eigenvalue weighted by molar-refractivity contribution is 7.92. The molecule has 0 bridgehead atoms. The third-order valence-corrected chi connectivity index (χ3v) is 6.82. The molecule has 1 N–H and O–H groups in total. The van der Waals surface area contributed by atoms with Crippen LogP contribution in [0.4, 0.5) is 5.69 Å². The second kappa shape index (κ2) is 11.9. The lowest BCUT2D eigenvalue weighted by atomic mass is 10.1. The Morgan fingerprint density at radius 2 is 1.62 bits per heavy atom. The van der Waals surface area contributed by atoms with Crippen molar-refractivity contribution >= 4 is 27.5 Å². The molecule has 0 unspecified atom stereocenters. The van der Waals surface area contributed by atoms with E-state index in [1.807, 2.05) is 32.9 Å². The number of rotatable bonds is 11. The molecule has 0 spiro atoms. The van der Waals surface area contributed by atoms with Crippen LogP contribution in [0.25, 0.3) is 0 Å². The Kier molecular flexibility index (Phi) is 9.49. The fourth-order valence-corrected chi connectivity index (χ4v) is 4.15. The summed E-state index contributed by atoms with van der Waals surface area (Å²) in [7, 11) is -2.17. The number of hydrogen-bond donors (Lipinski definition) is 1. The van der Waals surface area contributed by atoms with Gasteiger partial charge in [0.05, 0.1) is 19.1 Å². The molecule has 0 aliphatic rings. The standard InChI is InChI=1S/C25H35N3O5S/c1-7-19(3)26-25(30)20(4)27(16-21-10-14-23(33-5)15-11-21)24(29)17-28(34(6,31)32)22-12-8-18(2)9-13-22/h8-15,19-20H,7,16-17H2,1-6H3,(H,26,30)/t19-,20+/m0/s1. The molecule has 2 amide bonds. The van der Waals surface area contributed by atoms with Crippen molar-refractivity contribution < 1.29 is 22.7 Å².